The van der Waals surface area contributed by atoms with Gasteiger partial charge in [0, 0.05) is 50.2 Å². The normalized spacial score (nSPS) is 13.9. The summed E-state index contributed by atoms with van der Waals surface area (Å²) < 4.78 is 16.0. The lowest BCUT2D eigenvalue weighted by atomic mass is 9.96. The van der Waals surface area contributed by atoms with Crippen molar-refractivity contribution in [3.63, 3.8) is 0 Å². The molecule has 1 aliphatic rings. The first-order chi connectivity index (χ1) is 21.4. The molecule has 0 atom stereocenters. The number of piperidine rings is 1. The minimum atomic E-state index is -0.152. The first kappa shape index (κ1) is 32.9. The van der Waals surface area contributed by atoms with E-state index in [0.29, 0.717) is 30.2 Å². The highest BCUT2D eigenvalue weighted by molar-refractivity contribution is 5.94. The van der Waals surface area contributed by atoms with E-state index in [9.17, 15) is 9.59 Å². The Morgan fingerprint density at radius 3 is 2.02 bits per heavy atom. The molecule has 0 radical (unpaired) electrons. The third kappa shape index (κ3) is 8.53. The van der Waals surface area contributed by atoms with Crippen molar-refractivity contribution in [1.82, 2.24) is 15.1 Å². The molecule has 0 unspecified atom stereocenters. The van der Waals surface area contributed by atoms with E-state index >= 15 is 0 Å². The summed E-state index contributed by atoms with van der Waals surface area (Å²) >= 11 is 0. The zero-order chi connectivity index (χ0) is 31.5. The molecule has 0 aromatic heterocycles. The van der Waals surface area contributed by atoms with Gasteiger partial charge in [-0.3, -0.25) is 14.5 Å². The zero-order valence-corrected chi connectivity index (χ0v) is 26.8. The molecule has 4 rings (SSSR count). The van der Waals surface area contributed by atoms with E-state index in [0.717, 1.165) is 62.2 Å². The molecule has 0 aliphatic carbocycles. The number of hydrogen-bond acceptors (Lipinski definition) is 6. The summed E-state index contributed by atoms with van der Waals surface area (Å²) in [6.07, 6.45) is 3.56. The van der Waals surface area contributed by atoms with Crippen molar-refractivity contribution < 1.29 is 23.8 Å². The van der Waals surface area contributed by atoms with E-state index in [4.69, 9.17) is 14.2 Å². The molecule has 8 heteroatoms. The van der Waals surface area contributed by atoms with Crippen LogP contribution in [0.3, 0.4) is 0 Å². The smallest absolute Gasteiger partial charge is 0.251 e. The molecular formula is C36H47N3O5. The average Bonchev–Trinajstić information content (AvgIpc) is 3.07. The number of rotatable bonds is 14. The van der Waals surface area contributed by atoms with Crippen LogP contribution in [0.15, 0.2) is 66.7 Å². The fraction of sp³-hybridized carbons (Fsp3) is 0.444. The Bertz CT molecular complexity index is 1350. The zero-order valence-electron chi connectivity index (χ0n) is 26.8. The SMILES string of the molecule is CCC(CC)C(=O)N(Cc1ccc(C(=O)NCc2ccc(OC)c(OC)c2)cc1)C1CCN(Cc2ccc(OC)cc2)CC1. The van der Waals surface area contributed by atoms with Gasteiger partial charge in [-0.2, -0.15) is 0 Å². The van der Waals surface area contributed by atoms with Crippen molar-refractivity contribution in [2.45, 2.75) is 65.2 Å². The maximum Gasteiger partial charge on any atom is 0.251 e. The molecular weight excluding hydrogens is 554 g/mol. The number of ether oxygens (including phenoxy) is 3. The molecule has 44 heavy (non-hydrogen) atoms. The second-order valence-electron chi connectivity index (χ2n) is 11.4. The summed E-state index contributed by atoms with van der Waals surface area (Å²) in [5.74, 6) is 2.24. The first-order valence-corrected chi connectivity index (χ1v) is 15.6. The summed E-state index contributed by atoms with van der Waals surface area (Å²) in [6, 6.07) is 21.7. The Morgan fingerprint density at radius 1 is 0.818 bits per heavy atom. The molecule has 3 aromatic rings. The minimum Gasteiger partial charge on any atom is -0.497 e. The van der Waals surface area contributed by atoms with Crippen molar-refractivity contribution in [2.24, 2.45) is 5.92 Å². The van der Waals surface area contributed by atoms with Crippen molar-refractivity contribution in [2.75, 3.05) is 34.4 Å². The lowest BCUT2D eigenvalue weighted by molar-refractivity contribution is -0.140. The lowest BCUT2D eigenvalue weighted by Gasteiger charge is -2.40. The Balaban J connectivity index is 1.37. The van der Waals surface area contributed by atoms with Gasteiger partial charge in [0.15, 0.2) is 11.5 Å². The maximum atomic E-state index is 13.7. The van der Waals surface area contributed by atoms with Crippen LogP contribution in [0.5, 0.6) is 17.2 Å². The van der Waals surface area contributed by atoms with Crippen molar-refractivity contribution in [1.29, 1.82) is 0 Å². The molecule has 1 N–H and O–H groups in total. The largest absolute Gasteiger partial charge is 0.497 e. The molecule has 0 bridgehead atoms. The molecule has 1 saturated heterocycles. The van der Waals surface area contributed by atoms with Gasteiger partial charge in [0.2, 0.25) is 5.91 Å². The first-order valence-electron chi connectivity index (χ1n) is 15.6. The van der Waals surface area contributed by atoms with Crippen molar-refractivity contribution in [3.8, 4) is 17.2 Å². The molecule has 1 heterocycles. The van der Waals surface area contributed by atoms with Crippen LogP contribution in [-0.4, -0.2) is 62.1 Å². The van der Waals surface area contributed by atoms with Gasteiger partial charge in [-0.05, 0) is 78.8 Å². The molecule has 0 spiro atoms. The Hall–Kier alpha value is -4.04. The number of likely N-dealkylation sites (tertiary alicyclic amines) is 1. The third-order valence-electron chi connectivity index (χ3n) is 8.65. The van der Waals surface area contributed by atoms with Gasteiger partial charge in [0.05, 0.1) is 21.3 Å². The van der Waals surface area contributed by atoms with E-state index in [1.807, 2.05) is 54.6 Å². The molecule has 8 nitrogen and oxygen atoms in total. The van der Waals surface area contributed by atoms with Gasteiger partial charge >= 0.3 is 0 Å². The number of nitrogens with zero attached hydrogens (tertiary/aromatic N) is 2. The fourth-order valence-corrected chi connectivity index (χ4v) is 5.87. The number of carbonyl (C=O) groups is 2. The second-order valence-corrected chi connectivity index (χ2v) is 11.4. The standard InChI is InChI=1S/C36H47N3O5/c1-6-29(7-2)36(41)39(31-18-20-38(21-19-31)24-26-10-15-32(42-3)16-11-26)25-27-8-13-30(14-9-27)35(40)37-23-28-12-17-33(43-4)34(22-28)44-5/h8-17,22,29,31H,6-7,18-21,23-25H2,1-5H3,(H,37,40). The predicted octanol–water partition coefficient (Wildman–Crippen LogP) is 6.07. The van der Waals surface area contributed by atoms with Crippen molar-refractivity contribution >= 4 is 11.8 Å². The van der Waals surface area contributed by atoms with Crippen LogP contribution in [0.2, 0.25) is 0 Å². The van der Waals surface area contributed by atoms with Crippen LogP contribution in [0.1, 0.15) is 66.6 Å². The van der Waals surface area contributed by atoms with Crippen LogP contribution in [0.25, 0.3) is 0 Å². The summed E-state index contributed by atoms with van der Waals surface area (Å²) in [6.45, 7) is 7.90. The Kier molecular flexibility index (Phi) is 12.1. The van der Waals surface area contributed by atoms with Crippen LogP contribution < -0.4 is 19.5 Å². The Labute approximate surface area is 262 Å². The van der Waals surface area contributed by atoms with E-state index in [1.165, 1.54) is 5.56 Å². The third-order valence-corrected chi connectivity index (χ3v) is 8.65. The van der Waals surface area contributed by atoms with Gasteiger partial charge < -0.3 is 24.4 Å². The van der Waals surface area contributed by atoms with E-state index in [1.54, 1.807) is 21.3 Å². The number of carbonyl (C=O) groups excluding carboxylic acids is 2. The van der Waals surface area contributed by atoms with Crippen molar-refractivity contribution in [3.05, 3.63) is 89.0 Å². The summed E-state index contributed by atoms with van der Waals surface area (Å²) in [5, 5.41) is 2.98. The van der Waals surface area contributed by atoms with Crippen LogP contribution in [0, 0.1) is 5.92 Å². The van der Waals surface area contributed by atoms with Gasteiger partial charge in [0.1, 0.15) is 5.75 Å². The lowest BCUT2D eigenvalue weighted by Crippen LogP contribution is -2.48. The predicted molar refractivity (Wildman–Crippen MR) is 173 cm³/mol. The maximum absolute atomic E-state index is 13.7. The van der Waals surface area contributed by atoms with Crippen LogP contribution in [0.4, 0.5) is 0 Å². The molecule has 236 valence electrons. The number of amides is 2. The average molecular weight is 602 g/mol. The molecule has 1 aliphatic heterocycles. The van der Waals surface area contributed by atoms with Gasteiger partial charge in [-0.15, -0.1) is 0 Å². The molecule has 3 aromatic carbocycles. The second kappa shape index (κ2) is 16.1. The summed E-state index contributed by atoms with van der Waals surface area (Å²) in [7, 11) is 4.87. The van der Waals surface area contributed by atoms with Crippen LogP contribution in [-0.2, 0) is 24.4 Å². The highest BCUT2D eigenvalue weighted by Crippen LogP contribution is 2.28. The number of benzene rings is 3. The Morgan fingerprint density at radius 2 is 1.43 bits per heavy atom. The van der Waals surface area contributed by atoms with Crippen LogP contribution >= 0.6 is 0 Å². The van der Waals surface area contributed by atoms with Gasteiger partial charge in [-0.25, -0.2) is 0 Å². The van der Waals surface area contributed by atoms with E-state index in [2.05, 4.69) is 41.1 Å². The number of nitrogens with one attached hydrogen (secondary N) is 1. The fourth-order valence-electron chi connectivity index (χ4n) is 5.87. The monoisotopic (exact) mass is 601 g/mol. The molecule has 2 amide bonds. The number of hydrogen-bond donors (Lipinski definition) is 1. The quantitative estimate of drug-likeness (QED) is 0.242. The molecule has 0 saturated carbocycles. The van der Waals surface area contributed by atoms with E-state index < -0.39 is 0 Å². The summed E-state index contributed by atoms with van der Waals surface area (Å²) in [5.41, 5.74) is 3.79. The molecule has 1 fully saturated rings. The minimum absolute atomic E-state index is 0.0222. The highest BCUT2D eigenvalue weighted by atomic mass is 16.5. The number of methoxy groups -OCH3 is 3. The van der Waals surface area contributed by atoms with E-state index in [-0.39, 0.29) is 23.8 Å². The highest BCUT2D eigenvalue weighted by Gasteiger charge is 2.31. The summed E-state index contributed by atoms with van der Waals surface area (Å²) in [4.78, 5) is 31.2. The topological polar surface area (TPSA) is 80.3 Å². The van der Waals surface area contributed by atoms with Gasteiger partial charge in [0.25, 0.3) is 5.91 Å². The van der Waals surface area contributed by atoms with Gasteiger partial charge in [-0.1, -0.05) is 44.2 Å².